The highest BCUT2D eigenvalue weighted by Gasteiger charge is 2.11. The van der Waals surface area contributed by atoms with Crippen molar-refractivity contribution in [3.05, 3.63) is 35.6 Å². The molecular weight excluding hydrogens is 246 g/mol. The number of pyridine rings is 1. The van der Waals surface area contributed by atoms with E-state index < -0.39 is 0 Å². The van der Waals surface area contributed by atoms with E-state index in [1.807, 2.05) is 13.8 Å². The van der Waals surface area contributed by atoms with Gasteiger partial charge in [-0.2, -0.15) is 4.98 Å². The number of nitrogen functional groups attached to an aromatic ring is 1. The van der Waals surface area contributed by atoms with Crippen molar-refractivity contribution in [1.29, 1.82) is 0 Å². The van der Waals surface area contributed by atoms with Gasteiger partial charge in [0.15, 0.2) is 5.82 Å². The second kappa shape index (κ2) is 5.47. The summed E-state index contributed by atoms with van der Waals surface area (Å²) in [6.45, 7) is 4.18. The van der Waals surface area contributed by atoms with Gasteiger partial charge in [-0.1, -0.05) is 19.0 Å². The van der Waals surface area contributed by atoms with Gasteiger partial charge in [-0.3, -0.25) is 4.79 Å². The highest BCUT2D eigenvalue weighted by atomic mass is 16.5. The number of nitrogens with two attached hydrogens (primary N) is 1. The lowest BCUT2D eigenvalue weighted by atomic mass is 10.1. The summed E-state index contributed by atoms with van der Waals surface area (Å²) in [5.74, 6) is 0.698. The van der Waals surface area contributed by atoms with Crippen LogP contribution < -0.4 is 11.1 Å². The average molecular weight is 261 g/mol. The number of rotatable bonds is 4. The molecule has 0 aliphatic rings. The number of nitrogens with one attached hydrogen (secondary N) is 1. The van der Waals surface area contributed by atoms with E-state index >= 15 is 0 Å². The molecule has 0 radical (unpaired) electrons. The molecule has 7 nitrogen and oxygen atoms in total. The largest absolute Gasteiger partial charge is 0.384 e. The van der Waals surface area contributed by atoms with E-state index in [9.17, 15) is 4.79 Å². The minimum Gasteiger partial charge on any atom is -0.384 e. The van der Waals surface area contributed by atoms with Crippen molar-refractivity contribution >= 4 is 11.7 Å². The molecule has 7 heteroatoms. The first kappa shape index (κ1) is 13.0. The lowest BCUT2D eigenvalue weighted by molar-refractivity contribution is 0.0949. The first-order valence-corrected chi connectivity index (χ1v) is 5.87. The summed E-state index contributed by atoms with van der Waals surface area (Å²) in [6, 6.07) is 3.27. The van der Waals surface area contributed by atoms with E-state index in [-0.39, 0.29) is 18.4 Å². The molecule has 1 amide bonds. The van der Waals surface area contributed by atoms with Crippen LogP contribution in [0, 0.1) is 0 Å². The van der Waals surface area contributed by atoms with E-state index in [4.69, 9.17) is 5.73 Å². The average Bonchev–Trinajstić information content (AvgIpc) is 2.88. The minimum absolute atomic E-state index is 0.201. The molecule has 2 aromatic rings. The maximum absolute atomic E-state index is 12.0. The van der Waals surface area contributed by atoms with Crippen LogP contribution in [0.5, 0.6) is 0 Å². The SMILES string of the molecule is CC(C)c1cc(C(=O)NCc2ncon2)cc(N)n1. The maximum Gasteiger partial charge on any atom is 0.251 e. The topological polar surface area (TPSA) is 107 Å². The zero-order valence-corrected chi connectivity index (χ0v) is 10.8. The van der Waals surface area contributed by atoms with Crippen LogP contribution in [-0.4, -0.2) is 21.0 Å². The molecule has 2 aromatic heterocycles. The number of carbonyl (C=O) groups excluding carboxylic acids is 1. The van der Waals surface area contributed by atoms with Crippen molar-refractivity contribution in [1.82, 2.24) is 20.4 Å². The van der Waals surface area contributed by atoms with Crippen LogP contribution in [0.15, 0.2) is 23.0 Å². The molecule has 2 rings (SSSR count). The molecule has 0 aliphatic heterocycles. The highest BCUT2D eigenvalue weighted by molar-refractivity contribution is 5.94. The Kier molecular flexibility index (Phi) is 3.74. The van der Waals surface area contributed by atoms with Gasteiger partial charge < -0.3 is 15.6 Å². The monoisotopic (exact) mass is 261 g/mol. The standard InChI is InChI=1S/C12H15N5O2/c1-7(2)9-3-8(4-10(13)16-9)12(18)14-5-11-15-6-19-17-11/h3-4,6-7H,5H2,1-2H3,(H2,13,16)(H,14,18). The summed E-state index contributed by atoms with van der Waals surface area (Å²) in [6.07, 6.45) is 1.21. The summed E-state index contributed by atoms with van der Waals surface area (Å²) in [5, 5.41) is 6.29. The Balaban J connectivity index is 2.10. The molecule has 0 unspecified atom stereocenters. The predicted octanol–water partition coefficient (Wildman–Crippen LogP) is 1.10. The molecule has 0 saturated carbocycles. The lowest BCUT2D eigenvalue weighted by Crippen LogP contribution is -2.24. The molecule has 3 N–H and O–H groups in total. The highest BCUT2D eigenvalue weighted by Crippen LogP contribution is 2.16. The van der Waals surface area contributed by atoms with Crippen molar-refractivity contribution in [3.63, 3.8) is 0 Å². The van der Waals surface area contributed by atoms with E-state index in [0.29, 0.717) is 17.2 Å². The molecule has 0 aromatic carbocycles. The number of carbonyl (C=O) groups is 1. The third kappa shape index (κ3) is 3.27. The van der Waals surface area contributed by atoms with Crippen molar-refractivity contribution in [2.24, 2.45) is 0 Å². The molecule has 0 aliphatic carbocycles. The number of anilines is 1. The Labute approximate surface area is 110 Å². The molecule has 2 heterocycles. The second-order valence-corrected chi connectivity index (χ2v) is 4.39. The number of hydrogen-bond acceptors (Lipinski definition) is 6. The molecule has 100 valence electrons. The third-order valence-electron chi connectivity index (χ3n) is 2.53. The van der Waals surface area contributed by atoms with Gasteiger partial charge in [0, 0.05) is 11.3 Å². The molecule has 0 spiro atoms. The predicted molar refractivity (Wildman–Crippen MR) is 68.2 cm³/mol. The fraction of sp³-hybridized carbons (Fsp3) is 0.333. The smallest absolute Gasteiger partial charge is 0.251 e. The molecule has 0 bridgehead atoms. The Bertz CT molecular complexity index is 566. The molecule has 0 saturated heterocycles. The van der Waals surface area contributed by atoms with Crippen LogP contribution in [0.3, 0.4) is 0 Å². The van der Waals surface area contributed by atoms with E-state index in [2.05, 4.69) is 25.0 Å². The van der Waals surface area contributed by atoms with Crippen LogP contribution in [-0.2, 0) is 6.54 Å². The number of nitrogens with zero attached hydrogens (tertiary/aromatic N) is 3. The molecule has 0 fully saturated rings. The Morgan fingerprint density at radius 2 is 2.26 bits per heavy atom. The van der Waals surface area contributed by atoms with Crippen molar-refractivity contribution < 1.29 is 9.32 Å². The van der Waals surface area contributed by atoms with Gasteiger partial charge >= 0.3 is 0 Å². The fourth-order valence-electron chi connectivity index (χ4n) is 1.53. The summed E-state index contributed by atoms with van der Waals surface area (Å²) in [4.78, 5) is 20.0. The van der Waals surface area contributed by atoms with Gasteiger partial charge in [-0.15, -0.1) is 0 Å². The lowest BCUT2D eigenvalue weighted by Gasteiger charge is -2.09. The number of amides is 1. The molecular formula is C12H15N5O2. The summed E-state index contributed by atoms with van der Waals surface area (Å²) in [5.41, 5.74) is 6.95. The van der Waals surface area contributed by atoms with Gasteiger partial charge in [0.2, 0.25) is 6.39 Å². The first-order chi connectivity index (χ1) is 9.06. The van der Waals surface area contributed by atoms with E-state index in [0.717, 1.165) is 5.69 Å². The van der Waals surface area contributed by atoms with Gasteiger partial charge in [0.05, 0.1) is 6.54 Å². The zero-order chi connectivity index (χ0) is 13.8. The van der Waals surface area contributed by atoms with Gasteiger partial charge in [-0.05, 0) is 18.1 Å². The normalized spacial score (nSPS) is 10.7. The van der Waals surface area contributed by atoms with E-state index in [1.165, 1.54) is 12.5 Å². The molecule has 19 heavy (non-hydrogen) atoms. The van der Waals surface area contributed by atoms with Crippen LogP contribution >= 0.6 is 0 Å². The summed E-state index contributed by atoms with van der Waals surface area (Å²) < 4.78 is 4.58. The third-order valence-corrected chi connectivity index (χ3v) is 2.53. The Morgan fingerprint density at radius 3 is 2.89 bits per heavy atom. The van der Waals surface area contributed by atoms with Crippen LogP contribution in [0.4, 0.5) is 5.82 Å². The van der Waals surface area contributed by atoms with Crippen molar-refractivity contribution in [3.8, 4) is 0 Å². The van der Waals surface area contributed by atoms with Crippen molar-refractivity contribution in [2.45, 2.75) is 26.3 Å². The Hall–Kier alpha value is -2.44. The number of hydrogen-bond donors (Lipinski definition) is 2. The van der Waals surface area contributed by atoms with Gasteiger partial charge in [0.25, 0.3) is 5.91 Å². The number of aromatic nitrogens is 3. The summed E-state index contributed by atoms with van der Waals surface area (Å²) >= 11 is 0. The van der Waals surface area contributed by atoms with Gasteiger partial charge in [-0.25, -0.2) is 4.98 Å². The van der Waals surface area contributed by atoms with Crippen molar-refractivity contribution in [2.75, 3.05) is 5.73 Å². The van der Waals surface area contributed by atoms with Crippen LogP contribution in [0.1, 0.15) is 41.6 Å². The quantitative estimate of drug-likeness (QED) is 0.853. The summed E-state index contributed by atoms with van der Waals surface area (Å²) in [7, 11) is 0. The van der Waals surface area contributed by atoms with Crippen LogP contribution in [0.25, 0.3) is 0 Å². The van der Waals surface area contributed by atoms with E-state index in [1.54, 1.807) is 6.07 Å². The molecule has 0 atom stereocenters. The van der Waals surface area contributed by atoms with Gasteiger partial charge in [0.1, 0.15) is 5.82 Å². The first-order valence-electron chi connectivity index (χ1n) is 5.87. The minimum atomic E-state index is -0.249. The van der Waals surface area contributed by atoms with Crippen LogP contribution in [0.2, 0.25) is 0 Å². The maximum atomic E-state index is 12.0. The Morgan fingerprint density at radius 1 is 1.47 bits per heavy atom. The zero-order valence-electron chi connectivity index (χ0n) is 10.8. The second-order valence-electron chi connectivity index (χ2n) is 4.39. The fourth-order valence-corrected chi connectivity index (χ4v) is 1.53.